The van der Waals surface area contributed by atoms with E-state index in [1.54, 1.807) is 12.3 Å². The maximum absolute atomic E-state index is 13.5. The Balaban J connectivity index is 1.52. The highest BCUT2D eigenvalue weighted by atomic mass is 19.1. The third-order valence-corrected chi connectivity index (χ3v) is 4.30. The molecule has 0 amide bonds. The molecule has 1 saturated heterocycles. The second-order valence-electron chi connectivity index (χ2n) is 6.09. The van der Waals surface area contributed by atoms with Crippen LogP contribution in [0, 0.1) is 5.82 Å². The van der Waals surface area contributed by atoms with Crippen LogP contribution < -0.4 is 0 Å². The Hall–Kier alpha value is -2.57. The summed E-state index contributed by atoms with van der Waals surface area (Å²) in [6.45, 7) is 3.02. The van der Waals surface area contributed by atoms with Crippen molar-refractivity contribution in [2.45, 2.75) is 12.6 Å². The van der Waals surface area contributed by atoms with Crippen LogP contribution >= 0.6 is 0 Å². The van der Waals surface area contributed by atoms with Gasteiger partial charge in [-0.2, -0.15) is 0 Å². The molecule has 1 fully saturated rings. The smallest absolute Gasteiger partial charge is 0.123 e. The fraction of sp³-hybridized carbons (Fsp3) is 0.263. The zero-order valence-corrected chi connectivity index (χ0v) is 13.7. The van der Waals surface area contributed by atoms with Gasteiger partial charge in [0.25, 0.3) is 0 Å². The lowest BCUT2D eigenvalue weighted by atomic mass is 10.1. The topological polar surface area (TPSA) is 54.0 Å². The Kier molecular flexibility index (Phi) is 4.54. The fourth-order valence-corrected chi connectivity index (χ4v) is 3.06. The van der Waals surface area contributed by atoms with Crippen LogP contribution in [0.25, 0.3) is 11.3 Å². The summed E-state index contributed by atoms with van der Waals surface area (Å²) < 4.78 is 19.4. The molecule has 1 N–H and O–H groups in total. The van der Waals surface area contributed by atoms with Crippen molar-refractivity contribution in [3.63, 3.8) is 0 Å². The van der Waals surface area contributed by atoms with Crippen LogP contribution in [-0.2, 0) is 11.3 Å². The summed E-state index contributed by atoms with van der Waals surface area (Å²) >= 11 is 0. The zero-order chi connectivity index (χ0) is 17.1. The van der Waals surface area contributed by atoms with Gasteiger partial charge in [0.15, 0.2) is 0 Å². The summed E-state index contributed by atoms with van der Waals surface area (Å²) in [4.78, 5) is 14.4. The number of ether oxygens (including phenoxy) is 1. The van der Waals surface area contributed by atoms with Crippen LogP contribution in [0.5, 0.6) is 0 Å². The molecule has 2 aromatic heterocycles. The zero-order valence-electron chi connectivity index (χ0n) is 13.7. The summed E-state index contributed by atoms with van der Waals surface area (Å²) in [5.74, 6) is 0.686. The summed E-state index contributed by atoms with van der Waals surface area (Å²) in [5, 5.41) is 0. The van der Waals surface area contributed by atoms with E-state index >= 15 is 0 Å². The fourth-order valence-electron chi connectivity index (χ4n) is 3.06. The predicted octanol–water partition coefficient (Wildman–Crippen LogP) is 3.18. The van der Waals surface area contributed by atoms with Crippen molar-refractivity contribution in [2.24, 2.45) is 0 Å². The molecule has 0 aliphatic carbocycles. The number of pyridine rings is 1. The van der Waals surface area contributed by atoms with E-state index in [9.17, 15) is 4.39 Å². The van der Waals surface area contributed by atoms with Gasteiger partial charge < -0.3 is 9.72 Å². The number of nitrogens with zero attached hydrogens (tertiary/aromatic N) is 3. The SMILES string of the molecule is Fc1cccc(-c2cccc([C@@H]3CN(Cc4ncc[nH]4)CCO3)n2)c1. The lowest BCUT2D eigenvalue weighted by molar-refractivity contribution is -0.0356. The predicted molar refractivity (Wildman–Crippen MR) is 92.2 cm³/mol. The van der Waals surface area contributed by atoms with Gasteiger partial charge in [0, 0.05) is 31.0 Å². The minimum absolute atomic E-state index is 0.0998. The van der Waals surface area contributed by atoms with Crippen LogP contribution in [0.1, 0.15) is 17.6 Å². The number of benzene rings is 1. The summed E-state index contributed by atoms with van der Waals surface area (Å²) in [7, 11) is 0. The van der Waals surface area contributed by atoms with Crippen LogP contribution in [0.15, 0.2) is 54.9 Å². The number of hydrogen-bond acceptors (Lipinski definition) is 4. The number of H-pyrrole nitrogens is 1. The monoisotopic (exact) mass is 338 g/mol. The third-order valence-electron chi connectivity index (χ3n) is 4.30. The average Bonchev–Trinajstić information content (AvgIpc) is 3.15. The Morgan fingerprint density at radius 1 is 1.24 bits per heavy atom. The maximum atomic E-state index is 13.5. The van der Waals surface area contributed by atoms with Crippen molar-refractivity contribution >= 4 is 0 Å². The van der Waals surface area contributed by atoms with Crippen molar-refractivity contribution in [3.05, 3.63) is 72.2 Å². The Morgan fingerprint density at radius 3 is 3.00 bits per heavy atom. The quantitative estimate of drug-likeness (QED) is 0.794. The van der Waals surface area contributed by atoms with Gasteiger partial charge in [-0.1, -0.05) is 18.2 Å². The Morgan fingerprint density at radius 2 is 2.16 bits per heavy atom. The minimum atomic E-state index is -0.261. The van der Waals surface area contributed by atoms with E-state index in [4.69, 9.17) is 9.72 Å². The Bertz CT molecular complexity index is 837. The van der Waals surface area contributed by atoms with Gasteiger partial charge in [-0.05, 0) is 24.3 Å². The van der Waals surface area contributed by atoms with Gasteiger partial charge in [0.2, 0.25) is 0 Å². The minimum Gasteiger partial charge on any atom is -0.369 e. The first-order chi connectivity index (χ1) is 12.3. The Labute approximate surface area is 145 Å². The summed E-state index contributed by atoms with van der Waals surface area (Å²) in [5.41, 5.74) is 2.39. The standard InChI is InChI=1S/C19H19FN4O/c20-15-4-1-3-14(11-15)16-5-2-6-17(23-16)18-12-24(9-10-25-18)13-19-21-7-8-22-19/h1-8,11,18H,9-10,12-13H2,(H,21,22)/t18-/m0/s1. The molecule has 3 heterocycles. The number of rotatable bonds is 4. The first kappa shape index (κ1) is 15.9. The third kappa shape index (κ3) is 3.75. The van der Waals surface area contributed by atoms with Crippen molar-refractivity contribution in [3.8, 4) is 11.3 Å². The van der Waals surface area contributed by atoms with Gasteiger partial charge in [0.05, 0.1) is 24.5 Å². The second kappa shape index (κ2) is 7.13. The molecule has 128 valence electrons. The van der Waals surface area contributed by atoms with E-state index in [1.165, 1.54) is 12.1 Å². The normalized spacial score (nSPS) is 18.4. The van der Waals surface area contributed by atoms with E-state index in [2.05, 4.69) is 14.9 Å². The van der Waals surface area contributed by atoms with Gasteiger partial charge in [-0.25, -0.2) is 9.37 Å². The molecule has 1 atom stereocenters. The van der Waals surface area contributed by atoms with Gasteiger partial charge in [0.1, 0.15) is 17.7 Å². The number of nitrogens with one attached hydrogen (secondary N) is 1. The second-order valence-corrected chi connectivity index (χ2v) is 6.09. The summed E-state index contributed by atoms with van der Waals surface area (Å²) in [6.07, 6.45) is 3.49. The molecular weight excluding hydrogens is 319 g/mol. The molecule has 3 aromatic rings. The molecule has 0 spiro atoms. The van der Waals surface area contributed by atoms with Crippen molar-refractivity contribution < 1.29 is 9.13 Å². The van der Waals surface area contributed by atoms with Crippen molar-refractivity contribution in [1.82, 2.24) is 19.9 Å². The highest BCUT2D eigenvalue weighted by Crippen LogP contribution is 2.25. The molecule has 4 rings (SSSR count). The number of halogens is 1. The van der Waals surface area contributed by atoms with Crippen LogP contribution in [0.3, 0.4) is 0 Å². The number of imidazole rings is 1. The highest BCUT2D eigenvalue weighted by molar-refractivity contribution is 5.59. The first-order valence-electron chi connectivity index (χ1n) is 8.33. The first-order valence-corrected chi connectivity index (χ1v) is 8.33. The molecule has 25 heavy (non-hydrogen) atoms. The van der Waals surface area contributed by atoms with E-state index in [1.807, 2.05) is 30.5 Å². The average molecular weight is 338 g/mol. The largest absolute Gasteiger partial charge is 0.369 e. The molecule has 6 heteroatoms. The molecule has 0 saturated carbocycles. The molecule has 0 unspecified atom stereocenters. The molecule has 1 aliphatic heterocycles. The summed E-state index contributed by atoms with van der Waals surface area (Å²) in [6, 6.07) is 12.3. The van der Waals surface area contributed by atoms with Crippen LogP contribution in [0.2, 0.25) is 0 Å². The van der Waals surface area contributed by atoms with E-state index in [-0.39, 0.29) is 11.9 Å². The van der Waals surface area contributed by atoms with E-state index < -0.39 is 0 Å². The highest BCUT2D eigenvalue weighted by Gasteiger charge is 2.23. The van der Waals surface area contributed by atoms with Crippen molar-refractivity contribution in [1.29, 1.82) is 0 Å². The molecule has 0 radical (unpaired) electrons. The lowest BCUT2D eigenvalue weighted by Crippen LogP contribution is -2.38. The van der Waals surface area contributed by atoms with E-state index in [0.29, 0.717) is 6.61 Å². The van der Waals surface area contributed by atoms with Gasteiger partial charge in [-0.15, -0.1) is 0 Å². The molecule has 1 aliphatic rings. The maximum Gasteiger partial charge on any atom is 0.123 e. The lowest BCUT2D eigenvalue weighted by Gasteiger charge is -2.32. The molecular formula is C19H19FN4O. The van der Waals surface area contributed by atoms with Crippen LogP contribution in [-0.4, -0.2) is 39.5 Å². The number of hydrogen-bond donors (Lipinski definition) is 1. The van der Waals surface area contributed by atoms with Crippen LogP contribution in [0.4, 0.5) is 4.39 Å². The number of morpholine rings is 1. The number of aromatic amines is 1. The van der Waals surface area contributed by atoms with Gasteiger partial charge >= 0.3 is 0 Å². The van der Waals surface area contributed by atoms with E-state index in [0.717, 1.165) is 42.4 Å². The molecule has 1 aromatic carbocycles. The molecule has 5 nitrogen and oxygen atoms in total. The molecule has 0 bridgehead atoms. The van der Waals surface area contributed by atoms with Gasteiger partial charge in [-0.3, -0.25) is 9.88 Å². The van der Waals surface area contributed by atoms with Crippen molar-refractivity contribution in [2.75, 3.05) is 19.7 Å². The number of aromatic nitrogens is 3.